The average Bonchev–Trinajstić information content (AvgIpc) is 2.51. The van der Waals surface area contributed by atoms with E-state index in [1.807, 2.05) is 13.0 Å². The van der Waals surface area contributed by atoms with Crippen molar-refractivity contribution in [3.05, 3.63) is 24.3 Å². The lowest BCUT2D eigenvalue weighted by molar-refractivity contribution is -0.135. The minimum Gasteiger partial charge on any atom is -0.492 e. The number of primary amides is 1. The molecule has 0 saturated carbocycles. The first-order valence-electron chi connectivity index (χ1n) is 7.65. The van der Waals surface area contributed by atoms with E-state index in [2.05, 4.69) is 0 Å². The van der Waals surface area contributed by atoms with Crippen LogP contribution in [0.25, 0.3) is 0 Å². The minimum atomic E-state index is -0.965. The summed E-state index contributed by atoms with van der Waals surface area (Å²) in [6, 6.07) is 7.15. The highest BCUT2D eigenvalue weighted by Gasteiger charge is 2.23. The van der Waals surface area contributed by atoms with Gasteiger partial charge in [0.05, 0.1) is 12.3 Å². The molecular formula is C16H25N3O3. The van der Waals surface area contributed by atoms with E-state index in [0.717, 1.165) is 25.7 Å². The summed E-state index contributed by atoms with van der Waals surface area (Å²) < 4.78 is 5.53. The fourth-order valence-electron chi connectivity index (χ4n) is 2.19. The lowest BCUT2D eigenvalue weighted by Gasteiger charge is -2.23. The molecule has 0 unspecified atom stereocenters. The van der Waals surface area contributed by atoms with Crippen molar-refractivity contribution >= 4 is 17.5 Å². The van der Waals surface area contributed by atoms with Crippen LogP contribution in [0.1, 0.15) is 32.6 Å². The van der Waals surface area contributed by atoms with Crippen molar-refractivity contribution in [2.75, 3.05) is 24.6 Å². The summed E-state index contributed by atoms with van der Waals surface area (Å²) in [7, 11) is 0. The Bertz CT molecular complexity index is 491. The van der Waals surface area contributed by atoms with E-state index in [1.54, 1.807) is 18.2 Å². The molecule has 0 saturated heterocycles. The van der Waals surface area contributed by atoms with Gasteiger partial charge in [-0.1, -0.05) is 25.0 Å². The first kappa shape index (κ1) is 18.0. The first-order valence-corrected chi connectivity index (χ1v) is 7.65. The number of carbonyl (C=O) groups excluding carboxylic acids is 2. The number of hydrogen-bond donors (Lipinski definition) is 2. The molecule has 0 fully saturated rings. The van der Waals surface area contributed by atoms with Crippen LogP contribution in [-0.4, -0.2) is 31.5 Å². The maximum Gasteiger partial charge on any atom is 0.316 e. The predicted molar refractivity (Wildman–Crippen MR) is 86.7 cm³/mol. The molecule has 0 aromatic heterocycles. The predicted octanol–water partition coefficient (Wildman–Crippen LogP) is 1.42. The summed E-state index contributed by atoms with van der Waals surface area (Å²) in [5.41, 5.74) is 11.2. The summed E-state index contributed by atoms with van der Waals surface area (Å²) in [5, 5.41) is 0. The number of hydrogen-bond acceptors (Lipinski definition) is 4. The van der Waals surface area contributed by atoms with E-state index >= 15 is 0 Å². The van der Waals surface area contributed by atoms with Crippen molar-refractivity contribution in [2.45, 2.75) is 32.6 Å². The molecule has 0 heterocycles. The van der Waals surface area contributed by atoms with Crippen molar-refractivity contribution in [2.24, 2.45) is 11.5 Å². The van der Waals surface area contributed by atoms with Gasteiger partial charge in [0.1, 0.15) is 5.75 Å². The highest BCUT2D eigenvalue weighted by atomic mass is 16.5. The van der Waals surface area contributed by atoms with E-state index in [1.165, 1.54) is 4.90 Å². The van der Waals surface area contributed by atoms with E-state index in [9.17, 15) is 9.59 Å². The Morgan fingerprint density at radius 3 is 2.45 bits per heavy atom. The number of ether oxygens (including phenoxy) is 1. The van der Waals surface area contributed by atoms with Gasteiger partial charge >= 0.3 is 11.8 Å². The standard InChI is InChI=1S/C16H25N3O3/c1-2-22-14-10-6-5-9-13(14)19(16(21)15(18)20)12-8-4-3-7-11-17/h5-6,9-10H,2-4,7-8,11-12,17H2,1H3,(H2,18,20). The van der Waals surface area contributed by atoms with Gasteiger partial charge in [0, 0.05) is 6.54 Å². The first-order chi connectivity index (χ1) is 10.6. The smallest absolute Gasteiger partial charge is 0.316 e. The molecule has 0 spiro atoms. The zero-order chi connectivity index (χ0) is 16.4. The Balaban J connectivity index is 2.86. The van der Waals surface area contributed by atoms with Gasteiger partial charge in [0.25, 0.3) is 0 Å². The third-order valence-electron chi connectivity index (χ3n) is 3.25. The van der Waals surface area contributed by atoms with Gasteiger partial charge in [-0.25, -0.2) is 0 Å². The van der Waals surface area contributed by atoms with Gasteiger partial charge in [0.15, 0.2) is 0 Å². The number of carbonyl (C=O) groups is 2. The second kappa shape index (κ2) is 9.78. The molecule has 6 nitrogen and oxygen atoms in total. The maximum absolute atomic E-state index is 12.1. The Morgan fingerprint density at radius 2 is 1.82 bits per heavy atom. The monoisotopic (exact) mass is 307 g/mol. The summed E-state index contributed by atoms with van der Waals surface area (Å²) in [6.45, 7) is 3.43. The van der Waals surface area contributed by atoms with Crippen molar-refractivity contribution < 1.29 is 14.3 Å². The van der Waals surface area contributed by atoms with Gasteiger partial charge in [-0.2, -0.15) is 0 Å². The quantitative estimate of drug-likeness (QED) is 0.532. The summed E-state index contributed by atoms with van der Waals surface area (Å²) in [4.78, 5) is 24.8. The molecule has 1 aromatic carbocycles. The highest BCUT2D eigenvalue weighted by Crippen LogP contribution is 2.28. The molecule has 0 aliphatic rings. The van der Waals surface area contributed by atoms with Crippen LogP contribution in [0.5, 0.6) is 5.75 Å². The molecule has 0 atom stereocenters. The lowest BCUT2D eigenvalue weighted by Crippen LogP contribution is -2.41. The molecule has 2 amide bonds. The van der Waals surface area contributed by atoms with Crippen molar-refractivity contribution in [1.82, 2.24) is 0 Å². The van der Waals surface area contributed by atoms with Gasteiger partial charge in [-0.3, -0.25) is 9.59 Å². The lowest BCUT2D eigenvalue weighted by atomic mass is 10.1. The topological polar surface area (TPSA) is 98.7 Å². The van der Waals surface area contributed by atoms with Gasteiger partial charge in [-0.15, -0.1) is 0 Å². The largest absolute Gasteiger partial charge is 0.492 e. The fraction of sp³-hybridized carbons (Fsp3) is 0.500. The Hall–Kier alpha value is -2.08. The van der Waals surface area contributed by atoms with Crippen molar-refractivity contribution in [1.29, 1.82) is 0 Å². The number of nitrogens with two attached hydrogens (primary N) is 2. The van der Waals surface area contributed by atoms with E-state index < -0.39 is 11.8 Å². The van der Waals surface area contributed by atoms with Crippen LogP contribution < -0.4 is 21.1 Å². The van der Waals surface area contributed by atoms with Crippen molar-refractivity contribution in [3.8, 4) is 5.75 Å². The summed E-state index contributed by atoms with van der Waals surface area (Å²) in [5.74, 6) is -1.11. The SMILES string of the molecule is CCOc1ccccc1N(CCCCCCN)C(=O)C(N)=O. The fourth-order valence-corrected chi connectivity index (χ4v) is 2.19. The van der Waals surface area contributed by atoms with Crippen LogP contribution in [0.2, 0.25) is 0 Å². The zero-order valence-electron chi connectivity index (χ0n) is 13.1. The van der Waals surface area contributed by atoms with Gasteiger partial charge < -0.3 is 21.1 Å². The molecule has 22 heavy (non-hydrogen) atoms. The van der Waals surface area contributed by atoms with Crippen LogP contribution in [0.3, 0.4) is 0 Å². The molecule has 0 aliphatic carbocycles. The molecule has 0 aliphatic heterocycles. The van der Waals surface area contributed by atoms with Gasteiger partial charge in [-0.05, 0) is 38.4 Å². The molecule has 122 valence electrons. The Kier molecular flexibility index (Phi) is 7.99. The third-order valence-corrected chi connectivity index (χ3v) is 3.25. The van der Waals surface area contributed by atoms with Crippen LogP contribution >= 0.6 is 0 Å². The van der Waals surface area contributed by atoms with Crippen LogP contribution in [0, 0.1) is 0 Å². The molecule has 1 aromatic rings. The number of amides is 2. The molecule has 6 heteroatoms. The highest BCUT2D eigenvalue weighted by molar-refractivity contribution is 6.40. The van der Waals surface area contributed by atoms with E-state index in [-0.39, 0.29) is 0 Å². The second-order valence-electron chi connectivity index (χ2n) is 4.92. The Morgan fingerprint density at radius 1 is 1.14 bits per heavy atom. The van der Waals surface area contributed by atoms with Gasteiger partial charge in [0.2, 0.25) is 0 Å². The number of unbranched alkanes of at least 4 members (excludes halogenated alkanes) is 3. The number of benzene rings is 1. The van der Waals surface area contributed by atoms with E-state index in [4.69, 9.17) is 16.2 Å². The molecule has 1 rings (SSSR count). The van der Waals surface area contributed by atoms with E-state index in [0.29, 0.717) is 31.1 Å². The third kappa shape index (κ3) is 5.37. The number of nitrogens with zero attached hydrogens (tertiary/aromatic N) is 1. The average molecular weight is 307 g/mol. The number of para-hydroxylation sites is 2. The summed E-state index contributed by atoms with van der Waals surface area (Å²) in [6.07, 6.45) is 3.68. The number of anilines is 1. The molecule has 4 N–H and O–H groups in total. The minimum absolute atomic E-state index is 0.427. The normalized spacial score (nSPS) is 10.3. The van der Waals surface area contributed by atoms with Crippen LogP contribution in [-0.2, 0) is 9.59 Å². The zero-order valence-corrected chi connectivity index (χ0v) is 13.1. The molecular weight excluding hydrogens is 282 g/mol. The second-order valence-corrected chi connectivity index (χ2v) is 4.92. The van der Waals surface area contributed by atoms with Crippen molar-refractivity contribution in [3.63, 3.8) is 0 Å². The van der Waals surface area contributed by atoms with Crippen LogP contribution in [0.4, 0.5) is 5.69 Å². The summed E-state index contributed by atoms with van der Waals surface area (Å²) >= 11 is 0. The molecule has 0 radical (unpaired) electrons. The van der Waals surface area contributed by atoms with Crippen LogP contribution in [0.15, 0.2) is 24.3 Å². The maximum atomic E-state index is 12.1. The molecule has 0 bridgehead atoms. The number of rotatable bonds is 9. The Labute approximate surface area is 131 Å².